The molecule has 0 atom stereocenters. The van der Waals surface area contributed by atoms with Crippen molar-refractivity contribution < 1.29 is 0 Å². The number of benzene rings is 1. The van der Waals surface area contributed by atoms with Gasteiger partial charge < -0.3 is 15.5 Å². The van der Waals surface area contributed by atoms with Crippen molar-refractivity contribution in [3.8, 4) is 0 Å². The summed E-state index contributed by atoms with van der Waals surface area (Å²) in [6.07, 6.45) is 7.72. The highest BCUT2D eigenvalue weighted by Crippen LogP contribution is 2.16. The zero-order valence-electron chi connectivity index (χ0n) is 18.3. The van der Waals surface area contributed by atoms with Crippen LogP contribution >= 0.6 is 24.0 Å². The fraction of sp³-hybridized carbons (Fsp3) is 0.696. The zero-order valence-corrected chi connectivity index (χ0v) is 20.7. The molecule has 0 unspecified atom stereocenters. The van der Waals surface area contributed by atoms with Crippen LogP contribution in [0.15, 0.2) is 29.3 Å². The van der Waals surface area contributed by atoms with Crippen molar-refractivity contribution in [3.05, 3.63) is 35.4 Å². The molecule has 0 saturated carbocycles. The molecule has 0 bridgehead atoms. The van der Waals surface area contributed by atoms with Crippen LogP contribution in [0.4, 0.5) is 0 Å². The first kappa shape index (κ1) is 24.4. The minimum Gasteiger partial charge on any atom is -0.354 e. The predicted octanol–water partition coefficient (Wildman–Crippen LogP) is 3.83. The number of guanidine groups is 1. The van der Waals surface area contributed by atoms with E-state index in [1.807, 2.05) is 7.05 Å². The van der Waals surface area contributed by atoms with Gasteiger partial charge in [0.1, 0.15) is 0 Å². The minimum atomic E-state index is 0. The highest BCUT2D eigenvalue weighted by atomic mass is 127. The number of piperidine rings is 2. The van der Waals surface area contributed by atoms with E-state index in [-0.39, 0.29) is 24.0 Å². The fourth-order valence-corrected chi connectivity index (χ4v) is 4.43. The van der Waals surface area contributed by atoms with Crippen LogP contribution in [-0.4, -0.2) is 61.6 Å². The molecule has 2 fully saturated rings. The summed E-state index contributed by atoms with van der Waals surface area (Å²) in [6, 6.07) is 9.38. The molecule has 0 radical (unpaired) electrons. The minimum absolute atomic E-state index is 0. The molecule has 0 aromatic heterocycles. The predicted molar refractivity (Wildman–Crippen MR) is 134 cm³/mol. The summed E-state index contributed by atoms with van der Waals surface area (Å²) in [5, 5.41) is 7.19. The number of nitrogens with zero attached hydrogens (tertiary/aromatic N) is 3. The lowest BCUT2D eigenvalue weighted by molar-refractivity contribution is 0.206. The first-order chi connectivity index (χ1) is 13.8. The van der Waals surface area contributed by atoms with E-state index < -0.39 is 0 Å². The summed E-state index contributed by atoms with van der Waals surface area (Å²) in [7, 11) is 1.88. The van der Waals surface area contributed by atoms with Gasteiger partial charge in [-0.05, 0) is 62.9 Å². The van der Waals surface area contributed by atoms with Gasteiger partial charge in [0.25, 0.3) is 0 Å². The topological polar surface area (TPSA) is 42.9 Å². The normalized spacial score (nSPS) is 19.6. The Balaban J connectivity index is 0.00000300. The lowest BCUT2D eigenvalue weighted by atomic mass is 10.0. The third-order valence-corrected chi connectivity index (χ3v) is 6.10. The highest BCUT2D eigenvalue weighted by molar-refractivity contribution is 14.0. The summed E-state index contributed by atoms with van der Waals surface area (Å²) >= 11 is 0. The number of hydrogen-bond acceptors (Lipinski definition) is 3. The van der Waals surface area contributed by atoms with Crippen molar-refractivity contribution in [3.63, 3.8) is 0 Å². The molecule has 2 heterocycles. The molecule has 0 spiro atoms. The van der Waals surface area contributed by atoms with E-state index in [0.29, 0.717) is 6.04 Å². The quantitative estimate of drug-likeness (QED) is 0.331. The number of hydrogen-bond donors (Lipinski definition) is 2. The molecule has 0 aliphatic carbocycles. The van der Waals surface area contributed by atoms with E-state index in [1.54, 1.807) is 0 Å². The van der Waals surface area contributed by atoms with Crippen LogP contribution in [0.2, 0.25) is 0 Å². The van der Waals surface area contributed by atoms with Crippen LogP contribution in [-0.2, 0) is 13.1 Å². The van der Waals surface area contributed by atoms with E-state index in [2.05, 4.69) is 56.6 Å². The number of likely N-dealkylation sites (tertiary alicyclic amines) is 2. The highest BCUT2D eigenvalue weighted by Gasteiger charge is 2.19. The van der Waals surface area contributed by atoms with Gasteiger partial charge in [-0.2, -0.15) is 0 Å². The maximum atomic E-state index is 4.47. The largest absolute Gasteiger partial charge is 0.354 e. The molecule has 5 nitrogen and oxygen atoms in total. The van der Waals surface area contributed by atoms with Crippen molar-refractivity contribution in [2.75, 3.05) is 39.8 Å². The van der Waals surface area contributed by atoms with Gasteiger partial charge in [-0.3, -0.25) is 9.89 Å². The molecule has 1 aromatic carbocycles. The summed E-state index contributed by atoms with van der Waals surface area (Å²) in [4.78, 5) is 9.64. The van der Waals surface area contributed by atoms with Crippen LogP contribution in [0.3, 0.4) is 0 Å². The summed E-state index contributed by atoms with van der Waals surface area (Å²) in [5.74, 6) is 0.932. The van der Waals surface area contributed by atoms with Crippen molar-refractivity contribution >= 4 is 29.9 Å². The van der Waals surface area contributed by atoms with Gasteiger partial charge in [0, 0.05) is 39.3 Å². The Morgan fingerprint density at radius 3 is 2.34 bits per heavy atom. The lowest BCUT2D eigenvalue weighted by Crippen LogP contribution is -2.48. The Labute approximate surface area is 194 Å². The molecular formula is C23H40IN5. The monoisotopic (exact) mass is 513 g/mol. The molecule has 6 heteroatoms. The molecular weight excluding hydrogens is 473 g/mol. The van der Waals surface area contributed by atoms with Crippen LogP contribution in [0.25, 0.3) is 0 Å². The van der Waals surface area contributed by atoms with Gasteiger partial charge in [0.05, 0.1) is 0 Å². The standard InChI is InChI=1S/C23H39N5.HI/c1-3-13-27-16-11-22(12-17-27)26-23(24-2)25-18-20-9-5-6-10-21(20)19-28-14-7-4-8-15-28;/h5-6,9-10,22H,3-4,7-8,11-19H2,1-2H3,(H2,24,25,26);1H. The van der Waals surface area contributed by atoms with Gasteiger partial charge in [-0.1, -0.05) is 37.6 Å². The Bertz CT molecular complexity index is 607. The molecule has 2 aliphatic heterocycles. The van der Waals surface area contributed by atoms with Crippen molar-refractivity contribution in [1.29, 1.82) is 0 Å². The van der Waals surface area contributed by atoms with Gasteiger partial charge in [0.15, 0.2) is 5.96 Å². The molecule has 2 saturated heterocycles. The maximum Gasteiger partial charge on any atom is 0.191 e. The molecule has 1 aromatic rings. The first-order valence-electron chi connectivity index (χ1n) is 11.3. The molecule has 3 rings (SSSR count). The fourth-order valence-electron chi connectivity index (χ4n) is 4.43. The third kappa shape index (κ3) is 8.06. The van der Waals surface area contributed by atoms with Crippen molar-refractivity contribution in [2.24, 2.45) is 4.99 Å². The molecule has 0 amide bonds. The Morgan fingerprint density at radius 1 is 1.00 bits per heavy atom. The van der Waals surface area contributed by atoms with Gasteiger partial charge >= 0.3 is 0 Å². The number of aliphatic imine (C=N–C) groups is 1. The Hall–Kier alpha value is -0.860. The average molecular weight is 514 g/mol. The van der Waals surface area contributed by atoms with E-state index in [1.165, 1.54) is 82.4 Å². The SMILES string of the molecule is CCCN1CCC(NC(=NC)NCc2ccccc2CN2CCCCC2)CC1.I. The number of halogens is 1. The summed E-state index contributed by atoms with van der Waals surface area (Å²) < 4.78 is 0. The first-order valence-corrected chi connectivity index (χ1v) is 11.3. The van der Waals surface area contributed by atoms with Crippen molar-refractivity contribution in [1.82, 2.24) is 20.4 Å². The lowest BCUT2D eigenvalue weighted by Gasteiger charge is -2.33. The van der Waals surface area contributed by atoms with E-state index in [9.17, 15) is 0 Å². The number of rotatable bonds is 7. The van der Waals surface area contributed by atoms with Crippen LogP contribution in [0.5, 0.6) is 0 Å². The average Bonchev–Trinajstić information content (AvgIpc) is 2.74. The van der Waals surface area contributed by atoms with Gasteiger partial charge in [0.2, 0.25) is 0 Å². The summed E-state index contributed by atoms with van der Waals surface area (Å²) in [6.45, 7) is 10.3. The molecule has 2 aliphatic rings. The van der Waals surface area contributed by atoms with E-state index >= 15 is 0 Å². The Morgan fingerprint density at radius 2 is 1.69 bits per heavy atom. The van der Waals surface area contributed by atoms with Crippen LogP contribution < -0.4 is 10.6 Å². The van der Waals surface area contributed by atoms with Crippen LogP contribution in [0.1, 0.15) is 56.6 Å². The summed E-state index contributed by atoms with van der Waals surface area (Å²) in [5.41, 5.74) is 2.83. The molecule has 29 heavy (non-hydrogen) atoms. The van der Waals surface area contributed by atoms with Gasteiger partial charge in [-0.25, -0.2) is 0 Å². The number of nitrogens with one attached hydrogen (secondary N) is 2. The molecule has 164 valence electrons. The van der Waals surface area contributed by atoms with E-state index in [4.69, 9.17) is 0 Å². The maximum absolute atomic E-state index is 4.47. The zero-order chi connectivity index (χ0) is 19.6. The molecule has 2 N–H and O–H groups in total. The van der Waals surface area contributed by atoms with Crippen LogP contribution in [0, 0.1) is 0 Å². The Kier molecular flexibility index (Phi) is 11.3. The second-order valence-electron chi connectivity index (χ2n) is 8.29. The van der Waals surface area contributed by atoms with Gasteiger partial charge in [-0.15, -0.1) is 24.0 Å². The smallest absolute Gasteiger partial charge is 0.191 e. The second kappa shape index (κ2) is 13.4. The van der Waals surface area contributed by atoms with E-state index in [0.717, 1.165) is 19.0 Å². The second-order valence-corrected chi connectivity index (χ2v) is 8.29. The third-order valence-electron chi connectivity index (χ3n) is 6.10. The van der Waals surface area contributed by atoms with Crippen molar-refractivity contribution in [2.45, 2.75) is 64.6 Å².